The minimum atomic E-state index is -0.211. The summed E-state index contributed by atoms with van der Waals surface area (Å²) in [4.78, 5) is 24.7. The van der Waals surface area contributed by atoms with Crippen LogP contribution in [0.25, 0.3) is 11.6 Å². The molecule has 1 aliphatic heterocycles. The van der Waals surface area contributed by atoms with Gasteiger partial charge in [-0.15, -0.1) is 0 Å². The van der Waals surface area contributed by atoms with Crippen LogP contribution in [-0.4, -0.2) is 16.9 Å². The van der Waals surface area contributed by atoms with Gasteiger partial charge in [0.15, 0.2) is 0 Å². The first-order valence-electron chi connectivity index (χ1n) is 8.43. The maximum Gasteiger partial charge on any atom is 0.256 e. The number of fused-ring (bicyclic) bond motifs is 1. The average molecular weight is 356 g/mol. The Balaban J connectivity index is 1.65. The Kier molecular flexibility index (Phi) is 4.18. The van der Waals surface area contributed by atoms with Crippen LogP contribution in [0, 0.1) is 0 Å². The Bertz CT molecular complexity index is 1050. The minimum Gasteiger partial charge on any atom is -0.508 e. The third-order valence-corrected chi connectivity index (χ3v) is 4.30. The topological polar surface area (TPSA) is 78.4 Å². The molecule has 132 valence electrons. The van der Waals surface area contributed by atoms with Gasteiger partial charge in [-0.2, -0.15) is 0 Å². The summed E-state index contributed by atoms with van der Waals surface area (Å²) < 4.78 is 0. The van der Waals surface area contributed by atoms with E-state index in [2.05, 4.69) is 10.6 Å². The third kappa shape index (κ3) is 3.43. The van der Waals surface area contributed by atoms with Gasteiger partial charge >= 0.3 is 0 Å². The summed E-state index contributed by atoms with van der Waals surface area (Å²) in [6, 6.07) is 20.8. The third-order valence-electron chi connectivity index (χ3n) is 4.30. The summed E-state index contributed by atoms with van der Waals surface area (Å²) in [5.41, 5.74) is 3.89. The van der Waals surface area contributed by atoms with Gasteiger partial charge in [0.2, 0.25) is 0 Å². The molecule has 0 aromatic heterocycles. The minimum absolute atomic E-state index is 0.166. The summed E-state index contributed by atoms with van der Waals surface area (Å²) >= 11 is 0. The second kappa shape index (κ2) is 6.80. The predicted octanol–water partition coefficient (Wildman–Crippen LogP) is 4.14. The number of phenolic OH excluding ortho intramolecular Hbond substituents is 1. The Morgan fingerprint density at radius 1 is 0.963 bits per heavy atom. The van der Waals surface area contributed by atoms with Crippen LogP contribution in [0.2, 0.25) is 0 Å². The van der Waals surface area contributed by atoms with Crippen molar-refractivity contribution >= 4 is 34.8 Å². The van der Waals surface area contributed by atoms with E-state index in [0.717, 1.165) is 11.1 Å². The van der Waals surface area contributed by atoms with Crippen LogP contribution in [-0.2, 0) is 4.79 Å². The summed E-state index contributed by atoms with van der Waals surface area (Å²) in [5, 5.41) is 15.1. The molecule has 0 saturated heterocycles. The molecular formula is C22H16N2O3. The van der Waals surface area contributed by atoms with Crippen molar-refractivity contribution in [2.75, 3.05) is 10.6 Å². The lowest BCUT2D eigenvalue weighted by Crippen LogP contribution is -2.11. The summed E-state index contributed by atoms with van der Waals surface area (Å²) in [7, 11) is 0. The number of hydrogen-bond acceptors (Lipinski definition) is 3. The van der Waals surface area contributed by atoms with E-state index in [0.29, 0.717) is 22.5 Å². The molecule has 0 fully saturated rings. The van der Waals surface area contributed by atoms with E-state index in [1.807, 2.05) is 6.07 Å². The molecule has 0 radical (unpaired) electrons. The Labute approximate surface area is 156 Å². The first kappa shape index (κ1) is 16.6. The monoisotopic (exact) mass is 356 g/mol. The molecule has 0 saturated carbocycles. The van der Waals surface area contributed by atoms with Crippen molar-refractivity contribution in [1.82, 2.24) is 0 Å². The van der Waals surface area contributed by atoms with E-state index in [1.54, 1.807) is 72.8 Å². The number of hydrogen-bond donors (Lipinski definition) is 3. The van der Waals surface area contributed by atoms with Crippen LogP contribution >= 0.6 is 0 Å². The molecule has 1 aliphatic rings. The summed E-state index contributed by atoms with van der Waals surface area (Å²) in [6.07, 6.45) is 1.75. The fraction of sp³-hybridized carbons (Fsp3) is 0. The van der Waals surface area contributed by atoms with Crippen molar-refractivity contribution in [3.63, 3.8) is 0 Å². The van der Waals surface area contributed by atoms with Gasteiger partial charge in [-0.3, -0.25) is 9.59 Å². The van der Waals surface area contributed by atoms with Crippen molar-refractivity contribution in [1.29, 1.82) is 0 Å². The number of anilines is 2. The second-order valence-corrected chi connectivity index (χ2v) is 6.18. The molecule has 0 unspecified atom stereocenters. The fourth-order valence-corrected chi connectivity index (χ4v) is 2.94. The number of carbonyl (C=O) groups excluding carboxylic acids is 2. The highest BCUT2D eigenvalue weighted by atomic mass is 16.3. The number of aromatic hydroxyl groups is 1. The SMILES string of the molecule is O=C1Nc2ccc(NC(=O)c3ccccc3)cc2/C1=C/c1ccc(O)cc1. The number of phenols is 1. The van der Waals surface area contributed by atoms with E-state index in [4.69, 9.17) is 0 Å². The zero-order chi connectivity index (χ0) is 18.8. The van der Waals surface area contributed by atoms with E-state index in [-0.39, 0.29) is 17.6 Å². The van der Waals surface area contributed by atoms with Crippen molar-refractivity contribution < 1.29 is 14.7 Å². The largest absolute Gasteiger partial charge is 0.508 e. The molecule has 0 atom stereocenters. The highest BCUT2D eigenvalue weighted by Gasteiger charge is 2.24. The normalized spacial score (nSPS) is 13.9. The Hall–Kier alpha value is -3.86. The molecule has 3 aromatic carbocycles. The number of amides is 2. The number of carbonyl (C=O) groups is 2. The Morgan fingerprint density at radius 3 is 2.44 bits per heavy atom. The first-order valence-corrected chi connectivity index (χ1v) is 8.43. The van der Waals surface area contributed by atoms with Gasteiger partial charge in [-0.25, -0.2) is 0 Å². The molecule has 1 heterocycles. The summed E-state index contributed by atoms with van der Waals surface area (Å²) in [6.45, 7) is 0. The average Bonchev–Trinajstić information content (AvgIpc) is 2.99. The standard InChI is InChI=1S/C22H16N2O3/c25-17-9-6-14(7-10-17)12-19-18-13-16(8-11-20(18)24-22(19)27)23-21(26)15-4-2-1-3-5-15/h1-13,25H,(H,23,26)(H,24,27)/b19-12-. The highest BCUT2D eigenvalue weighted by molar-refractivity contribution is 6.35. The fourth-order valence-electron chi connectivity index (χ4n) is 2.94. The van der Waals surface area contributed by atoms with Crippen molar-refractivity contribution in [2.24, 2.45) is 0 Å². The molecule has 2 amide bonds. The molecule has 5 heteroatoms. The van der Waals surface area contributed by atoms with E-state index in [9.17, 15) is 14.7 Å². The van der Waals surface area contributed by atoms with Crippen LogP contribution in [0.15, 0.2) is 72.8 Å². The molecular weight excluding hydrogens is 340 g/mol. The maximum absolute atomic E-state index is 12.4. The smallest absolute Gasteiger partial charge is 0.256 e. The van der Waals surface area contributed by atoms with Gasteiger partial charge in [0, 0.05) is 28.1 Å². The molecule has 0 spiro atoms. The van der Waals surface area contributed by atoms with Crippen LogP contribution in [0.3, 0.4) is 0 Å². The zero-order valence-corrected chi connectivity index (χ0v) is 14.3. The second-order valence-electron chi connectivity index (χ2n) is 6.18. The van der Waals surface area contributed by atoms with Gasteiger partial charge in [-0.1, -0.05) is 30.3 Å². The zero-order valence-electron chi connectivity index (χ0n) is 14.3. The van der Waals surface area contributed by atoms with Gasteiger partial charge < -0.3 is 15.7 Å². The maximum atomic E-state index is 12.4. The summed E-state index contributed by atoms with van der Waals surface area (Å²) in [5.74, 6) is -0.249. The number of benzene rings is 3. The van der Waals surface area contributed by atoms with Crippen LogP contribution < -0.4 is 10.6 Å². The molecule has 3 aromatic rings. The quantitative estimate of drug-likeness (QED) is 0.617. The van der Waals surface area contributed by atoms with Crippen LogP contribution in [0.5, 0.6) is 5.75 Å². The van der Waals surface area contributed by atoms with Crippen molar-refractivity contribution in [3.8, 4) is 5.75 Å². The van der Waals surface area contributed by atoms with Gasteiger partial charge in [0.05, 0.1) is 0 Å². The molecule has 0 bridgehead atoms. The van der Waals surface area contributed by atoms with Gasteiger partial charge in [0.1, 0.15) is 5.75 Å². The predicted molar refractivity (Wildman–Crippen MR) is 105 cm³/mol. The molecule has 27 heavy (non-hydrogen) atoms. The van der Waals surface area contributed by atoms with Crippen molar-refractivity contribution in [3.05, 3.63) is 89.5 Å². The molecule has 5 nitrogen and oxygen atoms in total. The molecule has 3 N–H and O–H groups in total. The Morgan fingerprint density at radius 2 is 1.70 bits per heavy atom. The molecule has 4 rings (SSSR count). The van der Waals surface area contributed by atoms with Crippen LogP contribution in [0.1, 0.15) is 21.5 Å². The van der Waals surface area contributed by atoms with Crippen molar-refractivity contribution in [2.45, 2.75) is 0 Å². The first-order chi connectivity index (χ1) is 13.1. The highest BCUT2D eigenvalue weighted by Crippen LogP contribution is 2.35. The van der Waals surface area contributed by atoms with E-state index < -0.39 is 0 Å². The van der Waals surface area contributed by atoms with Gasteiger partial charge in [0.25, 0.3) is 11.8 Å². The lowest BCUT2D eigenvalue weighted by atomic mass is 10.0. The van der Waals surface area contributed by atoms with Crippen LogP contribution in [0.4, 0.5) is 11.4 Å². The number of rotatable bonds is 3. The van der Waals surface area contributed by atoms with E-state index >= 15 is 0 Å². The number of nitrogens with one attached hydrogen (secondary N) is 2. The van der Waals surface area contributed by atoms with Gasteiger partial charge in [-0.05, 0) is 54.1 Å². The lowest BCUT2D eigenvalue weighted by molar-refractivity contribution is -0.110. The lowest BCUT2D eigenvalue weighted by Gasteiger charge is -2.07. The van der Waals surface area contributed by atoms with E-state index in [1.165, 1.54) is 0 Å². The molecule has 0 aliphatic carbocycles.